The number of carbonyl (C=O) groups is 3. The fourth-order valence-electron chi connectivity index (χ4n) is 7.76. The number of nitrogens with one attached hydrogen (secondary N) is 1. The molecule has 0 aromatic heterocycles. The molecule has 2 aromatic rings. The zero-order valence-electron chi connectivity index (χ0n) is 37.0. The second-order valence-corrected chi connectivity index (χ2v) is 16.0. The normalized spacial score (nSPS) is 29.4. The number of amides is 1. The summed E-state index contributed by atoms with van der Waals surface area (Å²) in [5.74, 6) is -8.37. The average Bonchev–Trinajstić information content (AvgIpc) is 3.49. The highest BCUT2D eigenvalue weighted by molar-refractivity contribution is 6.24. The lowest BCUT2D eigenvalue weighted by atomic mass is 9.78. The van der Waals surface area contributed by atoms with Crippen molar-refractivity contribution in [2.75, 3.05) is 25.5 Å². The Morgan fingerprint density at radius 1 is 0.952 bits per heavy atom. The molecule has 3 heterocycles. The van der Waals surface area contributed by atoms with Gasteiger partial charge in [-0.1, -0.05) is 58.1 Å². The van der Waals surface area contributed by atoms with Crippen LogP contribution in [0.25, 0.3) is 10.8 Å². The zero-order valence-corrected chi connectivity index (χ0v) is 37.0. The number of aromatic hydroxyl groups is 3. The molecule has 3 aliphatic rings. The Balaban J connectivity index is 2.00. The standard InChI is InChI=1S/C46H60N4O12/c1-13-19-50(20-14-2)29(9)49-47-22-31-36-41(56)34-33(40(31)55)35-43(28(8)39(34)54)62-46(11,44(35)57)60-21-18-32(59-12)25(5)42(61-30(10)51)27(7)38(53)26(6)37(52)23(3)16-15-17-24(4)45(58)48-36/h13-18,21-23,25-27,32,37-38,42,52-56H,1-2,19-20H2,3-12H3,(H,48,58)/b16-15+,21-18+,24-17-,47-22+,49-29+/t23-,25-,26-,27-,32+,37+,38-,42-,46+/m1/s1. The number of fused-ring (bicyclic) bond motifs is 14. The molecule has 0 aliphatic carbocycles. The fourth-order valence-corrected chi connectivity index (χ4v) is 7.76. The minimum absolute atomic E-state index is 0.0210. The van der Waals surface area contributed by atoms with Gasteiger partial charge in [0.15, 0.2) is 5.75 Å². The third-order valence-corrected chi connectivity index (χ3v) is 11.6. The summed E-state index contributed by atoms with van der Waals surface area (Å²) in [5.41, 5.74) is -0.698. The van der Waals surface area contributed by atoms with Gasteiger partial charge in [0.05, 0.1) is 53.0 Å². The van der Waals surface area contributed by atoms with Gasteiger partial charge in [-0.05, 0) is 26.8 Å². The summed E-state index contributed by atoms with van der Waals surface area (Å²) >= 11 is 0. The Bertz CT molecular complexity index is 2220. The number of phenols is 3. The molecule has 5 rings (SSSR count). The van der Waals surface area contributed by atoms with Crippen LogP contribution in [0.5, 0.6) is 23.0 Å². The molecule has 0 unspecified atom stereocenters. The lowest BCUT2D eigenvalue weighted by molar-refractivity contribution is -0.160. The molecule has 62 heavy (non-hydrogen) atoms. The van der Waals surface area contributed by atoms with Crippen LogP contribution in [0.2, 0.25) is 0 Å². The summed E-state index contributed by atoms with van der Waals surface area (Å²) in [5, 5.41) is 68.8. The summed E-state index contributed by atoms with van der Waals surface area (Å²) in [7, 11) is 1.42. The van der Waals surface area contributed by atoms with Gasteiger partial charge in [0.2, 0.25) is 0 Å². The lowest BCUT2D eigenvalue weighted by Gasteiger charge is -2.38. The molecule has 0 radical (unpaired) electrons. The molecule has 0 saturated heterocycles. The number of rotatable bonds is 8. The quantitative estimate of drug-likeness (QED) is 0.0332. The Labute approximate surface area is 362 Å². The van der Waals surface area contributed by atoms with E-state index in [0.29, 0.717) is 18.9 Å². The number of allylic oxidation sites excluding steroid dienone is 2. The van der Waals surface area contributed by atoms with Crippen LogP contribution in [0.1, 0.15) is 76.9 Å². The lowest BCUT2D eigenvalue weighted by Crippen LogP contribution is -2.46. The molecule has 0 spiro atoms. The van der Waals surface area contributed by atoms with Crippen molar-refractivity contribution in [3.8, 4) is 23.0 Å². The molecule has 6 N–H and O–H groups in total. The number of ketones is 1. The molecule has 336 valence electrons. The largest absolute Gasteiger partial charge is 0.507 e. The fraction of sp³-hybridized carbons (Fsp3) is 0.457. The van der Waals surface area contributed by atoms with Crippen molar-refractivity contribution in [3.05, 3.63) is 78.1 Å². The maximum atomic E-state index is 14.5. The molecular formula is C46H60N4O12. The second kappa shape index (κ2) is 20.3. The summed E-state index contributed by atoms with van der Waals surface area (Å²) < 4.78 is 23.6. The van der Waals surface area contributed by atoms with Gasteiger partial charge < -0.3 is 54.7 Å². The molecule has 3 aliphatic heterocycles. The molecular weight excluding hydrogens is 801 g/mol. The van der Waals surface area contributed by atoms with Gasteiger partial charge in [-0.25, -0.2) is 0 Å². The number of methoxy groups -OCH3 is 1. The molecule has 1 amide bonds. The number of amidine groups is 1. The van der Waals surface area contributed by atoms with Crippen molar-refractivity contribution in [2.45, 2.75) is 92.5 Å². The predicted molar refractivity (Wildman–Crippen MR) is 236 cm³/mol. The molecule has 0 fully saturated rings. The molecule has 5 bridgehead atoms. The first-order valence-corrected chi connectivity index (χ1v) is 20.3. The van der Waals surface area contributed by atoms with Gasteiger partial charge in [-0.2, -0.15) is 5.10 Å². The number of Topliss-reactive ketones (excluding diaryl/α,β-unsaturated/α-hetero) is 1. The number of aliphatic hydroxyl groups is 2. The number of aliphatic hydroxyl groups excluding tert-OH is 2. The summed E-state index contributed by atoms with van der Waals surface area (Å²) in [6.45, 7) is 22.4. The van der Waals surface area contributed by atoms with Gasteiger partial charge >= 0.3 is 11.8 Å². The minimum Gasteiger partial charge on any atom is -0.507 e. The van der Waals surface area contributed by atoms with E-state index in [1.54, 1.807) is 63.8 Å². The maximum absolute atomic E-state index is 14.5. The second-order valence-electron chi connectivity index (χ2n) is 16.0. The molecule has 16 nitrogen and oxygen atoms in total. The number of hydrogen-bond acceptors (Lipinski definition) is 14. The molecule has 0 saturated carbocycles. The van der Waals surface area contributed by atoms with E-state index in [4.69, 9.17) is 18.9 Å². The number of phenolic OH excluding ortho intramolecular Hbond substituents is 3. The highest BCUT2D eigenvalue weighted by atomic mass is 16.7. The van der Waals surface area contributed by atoms with Crippen LogP contribution < -0.4 is 10.1 Å². The minimum atomic E-state index is -2.08. The number of hydrogen-bond donors (Lipinski definition) is 6. The first-order chi connectivity index (χ1) is 29.2. The van der Waals surface area contributed by atoms with Crippen molar-refractivity contribution >= 4 is 46.2 Å². The number of esters is 1. The average molecular weight is 861 g/mol. The molecule has 2 aromatic carbocycles. The SMILES string of the molecule is C=CCN(CC=C)/C(C)=N/N=C/c1c2c(O)c3c(O)c(C)c4c(c3c1O)C(=O)[C@@](C)(O/C=C/[C@H](OC)[C@@H](C)[C@@H](OC(C)=O)[C@H](C)[C@H](O)[C@H](C)[C@@H](O)[C@H](C)/C=C/C=C(/C)C(=O)N2)O4. The van der Waals surface area contributed by atoms with Gasteiger partial charge in [0.1, 0.15) is 29.2 Å². The van der Waals surface area contributed by atoms with Crippen molar-refractivity contribution in [1.82, 2.24) is 4.90 Å². The van der Waals surface area contributed by atoms with E-state index < -0.39 is 88.8 Å². The number of anilines is 1. The van der Waals surface area contributed by atoms with Crippen LogP contribution in [0, 0.1) is 30.6 Å². The first-order valence-electron chi connectivity index (χ1n) is 20.3. The van der Waals surface area contributed by atoms with E-state index in [1.165, 1.54) is 53.2 Å². The van der Waals surface area contributed by atoms with Crippen molar-refractivity contribution in [1.29, 1.82) is 0 Å². The first kappa shape index (κ1) is 48.7. The Morgan fingerprint density at radius 3 is 2.19 bits per heavy atom. The van der Waals surface area contributed by atoms with E-state index in [0.717, 1.165) is 6.21 Å². The number of benzene rings is 2. The van der Waals surface area contributed by atoms with Crippen LogP contribution in [0.3, 0.4) is 0 Å². The van der Waals surface area contributed by atoms with Crippen molar-refractivity contribution in [2.24, 2.45) is 33.9 Å². The summed E-state index contributed by atoms with van der Waals surface area (Å²) in [4.78, 5) is 42.4. The predicted octanol–water partition coefficient (Wildman–Crippen LogP) is 6.18. The van der Waals surface area contributed by atoms with Crippen LogP contribution in [0.15, 0.2) is 71.7 Å². The van der Waals surface area contributed by atoms with Crippen LogP contribution >= 0.6 is 0 Å². The van der Waals surface area contributed by atoms with Crippen molar-refractivity contribution in [3.63, 3.8) is 0 Å². The highest BCUT2D eigenvalue weighted by Gasteiger charge is 2.50. The van der Waals surface area contributed by atoms with E-state index in [2.05, 4.69) is 28.7 Å². The molecule has 16 heteroatoms. The smallest absolute Gasteiger partial charge is 0.312 e. The Morgan fingerprint density at radius 2 is 1.60 bits per heavy atom. The van der Waals surface area contributed by atoms with Crippen LogP contribution in [-0.2, 0) is 23.8 Å². The van der Waals surface area contributed by atoms with Gasteiger partial charge in [0, 0.05) is 74.2 Å². The van der Waals surface area contributed by atoms with E-state index in [-0.39, 0.29) is 44.5 Å². The molecule has 9 atom stereocenters. The van der Waals surface area contributed by atoms with Crippen molar-refractivity contribution < 1.29 is 58.9 Å². The summed E-state index contributed by atoms with van der Waals surface area (Å²) in [6, 6.07) is 0. The maximum Gasteiger partial charge on any atom is 0.312 e. The third kappa shape index (κ3) is 9.88. The van der Waals surface area contributed by atoms with Gasteiger partial charge in [0.25, 0.3) is 11.7 Å². The van der Waals surface area contributed by atoms with Crippen LogP contribution in [-0.4, -0.2) is 111 Å². The Kier molecular flexibility index (Phi) is 15.9. The van der Waals surface area contributed by atoms with Crippen LogP contribution in [0.4, 0.5) is 5.69 Å². The van der Waals surface area contributed by atoms with Gasteiger partial charge in [-0.15, -0.1) is 18.3 Å². The third-order valence-electron chi connectivity index (χ3n) is 11.6. The van der Waals surface area contributed by atoms with Gasteiger partial charge in [-0.3, -0.25) is 14.4 Å². The van der Waals surface area contributed by atoms with E-state index in [1.807, 2.05) is 0 Å². The zero-order chi connectivity index (χ0) is 46.4. The number of nitrogens with zero attached hydrogens (tertiary/aromatic N) is 3. The number of carbonyl (C=O) groups excluding carboxylic acids is 3. The highest BCUT2D eigenvalue weighted by Crippen LogP contribution is 2.55. The van der Waals surface area contributed by atoms with E-state index in [9.17, 15) is 39.9 Å². The van der Waals surface area contributed by atoms with E-state index >= 15 is 0 Å². The summed E-state index contributed by atoms with van der Waals surface area (Å²) in [6.07, 6.45) is 7.81. The number of ether oxygens (including phenoxy) is 4. The topological polar surface area (TPSA) is 229 Å². The Hall–Kier alpha value is -5.97. The monoisotopic (exact) mass is 860 g/mol.